The number of halogens is 2. The van der Waals surface area contributed by atoms with Gasteiger partial charge in [0.15, 0.2) is 6.61 Å². The third-order valence-corrected chi connectivity index (χ3v) is 2.86. The normalized spacial score (nSPS) is 13.9. The first-order valence-corrected chi connectivity index (χ1v) is 6.23. The maximum atomic E-state index is 12.1. The third-order valence-electron chi connectivity index (χ3n) is 2.86. The number of aliphatic hydroxyl groups excluding tert-OH is 1. The van der Waals surface area contributed by atoms with Crippen molar-refractivity contribution in [3.63, 3.8) is 0 Å². The summed E-state index contributed by atoms with van der Waals surface area (Å²) >= 11 is 0. The smallest absolute Gasteiger partial charge is 0.272 e. The van der Waals surface area contributed by atoms with Crippen molar-refractivity contribution in [3.8, 4) is 5.88 Å². The highest BCUT2D eigenvalue weighted by Crippen LogP contribution is 2.15. The molecular weight excluding hydrogens is 270 g/mol. The number of carbonyl (C=O) groups is 1. The van der Waals surface area contributed by atoms with Crippen LogP contribution in [0.3, 0.4) is 0 Å². The van der Waals surface area contributed by atoms with Gasteiger partial charge in [0, 0.05) is 18.8 Å². The lowest BCUT2D eigenvalue weighted by atomic mass is 10.0. The second-order valence-electron chi connectivity index (χ2n) is 4.48. The third kappa shape index (κ3) is 4.73. The van der Waals surface area contributed by atoms with Gasteiger partial charge in [-0.2, -0.15) is 0 Å². The summed E-state index contributed by atoms with van der Waals surface area (Å²) in [4.78, 5) is 15.8. The SMILES string of the molecule is CC(CO)C(C)NC(=O)c1cccnc1OCC(F)F. The first kappa shape index (κ1) is 16.3. The molecule has 1 aromatic heterocycles. The van der Waals surface area contributed by atoms with E-state index in [0.717, 1.165) is 0 Å². The predicted molar refractivity (Wildman–Crippen MR) is 68.9 cm³/mol. The number of pyridine rings is 1. The van der Waals surface area contributed by atoms with Gasteiger partial charge >= 0.3 is 0 Å². The number of aromatic nitrogens is 1. The van der Waals surface area contributed by atoms with Gasteiger partial charge in [-0.3, -0.25) is 4.79 Å². The van der Waals surface area contributed by atoms with Crippen LogP contribution in [0.2, 0.25) is 0 Å². The van der Waals surface area contributed by atoms with Crippen molar-refractivity contribution in [3.05, 3.63) is 23.9 Å². The molecule has 1 rings (SSSR count). The summed E-state index contributed by atoms with van der Waals surface area (Å²) < 4.78 is 29.1. The van der Waals surface area contributed by atoms with E-state index in [2.05, 4.69) is 10.3 Å². The Morgan fingerprint density at radius 3 is 2.80 bits per heavy atom. The molecule has 2 atom stereocenters. The summed E-state index contributed by atoms with van der Waals surface area (Å²) in [6.07, 6.45) is -1.28. The highest BCUT2D eigenvalue weighted by molar-refractivity contribution is 5.96. The van der Waals surface area contributed by atoms with Crippen LogP contribution >= 0.6 is 0 Å². The van der Waals surface area contributed by atoms with Crippen LogP contribution in [0, 0.1) is 5.92 Å². The maximum Gasteiger partial charge on any atom is 0.272 e. The van der Waals surface area contributed by atoms with E-state index in [9.17, 15) is 13.6 Å². The number of carbonyl (C=O) groups excluding carboxylic acids is 1. The Labute approximate surface area is 116 Å². The molecule has 1 amide bonds. The molecule has 0 bridgehead atoms. The average molecular weight is 288 g/mol. The molecular formula is C13H18F2N2O3. The first-order chi connectivity index (χ1) is 9.45. The molecule has 0 spiro atoms. The molecule has 5 nitrogen and oxygen atoms in total. The molecule has 0 saturated carbocycles. The van der Waals surface area contributed by atoms with Crippen molar-refractivity contribution in [2.24, 2.45) is 5.92 Å². The lowest BCUT2D eigenvalue weighted by Gasteiger charge is -2.19. The Bertz CT molecular complexity index is 443. The summed E-state index contributed by atoms with van der Waals surface area (Å²) in [7, 11) is 0. The van der Waals surface area contributed by atoms with Crippen LogP contribution in [0.5, 0.6) is 5.88 Å². The molecule has 0 aromatic carbocycles. The fourth-order valence-corrected chi connectivity index (χ4v) is 1.41. The van der Waals surface area contributed by atoms with Gasteiger partial charge in [0.25, 0.3) is 12.3 Å². The quantitative estimate of drug-likeness (QED) is 0.797. The van der Waals surface area contributed by atoms with Gasteiger partial charge in [-0.1, -0.05) is 6.92 Å². The monoisotopic (exact) mass is 288 g/mol. The number of hydrogen-bond donors (Lipinski definition) is 2. The van der Waals surface area contributed by atoms with Crippen molar-refractivity contribution >= 4 is 5.91 Å². The minimum absolute atomic E-state index is 0.0662. The van der Waals surface area contributed by atoms with E-state index in [0.29, 0.717) is 0 Å². The molecule has 7 heteroatoms. The van der Waals surface area contributed by atoms with Crippen molar-refractivity contribution < 1.29 is 23.4 Å². The standard InChI is InChI=1S/C13H18F2N2O3/c1-8(6-18)9(2)17-12(19)10-4-3-5-16-13(10)20-7-11(14)15/h3-5,8-9,11,18H,6-7H2,1-2H3,(H,17,19). The minimum atomic E-state index is -2.64. The molecule has 0 fully saturated rings. The summed E-state index contributed by atoms with van der Waals surface area (Å²) in [6.45, 7) is 2.64. The van der Waals surface area contributed by atoms with Crippen LogP contribution in [0.15, 0.2) is 18.3 Å². The van der Waals surface area contributed by atoms with E-state index >= 15 is 0 Å². The topological polar surface area (TPSA) is 71.5 Å². The average Bonchev–Trinajstić information content (AvgIpc) is 2.44. The van der Waals surface area contributed by atoms with E-state index in [1.807, 2.05) is 0 Å². The number of alkyl halides is 2. The molecule has 0 radical (unpaired) electrons. The lowest BCUT2D eigenvalue weighted by Crippen LogP contribution is -2.38. The molecule has 0 aliphatic rings. The minimum Gasteiger partial charge on any atom is -0.471 e. The molecule has 2 N–H and O–H groups in total. The maximum absolute atomic E-state index is 12.1. The largest absolute Gasteiger partial charge is 0.471 e. The van der Waals surface area contributed by atoms with Gasteiger partial charge in [-0.25, -0.2) is 13.8 Å². The zero-order valence-corrected chi connectivity index (χ0v) is 11.3. The number of nitrogens with zero attached hydrogens (tertiary/aromatic N) is 1. The van der Waals surface area contributed by atoms with Gasteiger partial charge in [-0.15, -0.1) is 0 Å². The van der Waals surface area contributed by atoms with Crippen molar-refractivity contribution in [1.29, 1.82) is 0 Å². The van der Waals surface area contributed by atoms with Crippen LogP contribution in [0.25, 0.3) is 0 Å². The molecule has 0 aliphatic heterocycles. The first-order valence-electron chi connectivity index (χ1n) is 6.23. The van der Waals surface area contributed by atoms with Crippen LogP contribution in [-0.2, 0) is 0 Å². The van der Waals surface area contributed by atoms with Gasteiger partial charge in [0.1, 0.15) is 5.56 Å². The fourth-order valence-electron chi connectivity index (χ4n) is 1.41. The summed E-state index contributed by atoms with van der Waals surface area (Å²) in [6, 6.07) is 2.69. The van der Waals surface area contributed by atoms with Crippen molar-refractivity contribution in [2.45, 2.75) is 26.3 Å². The zero-order valence-electron chi connectivity index (χ0n) is 11.3. The number of aliphatic hydroxyl groups is 1. The van der Waals surface area contributed by atoms with Crippen LogP contribution < -0.4 is 10.1 Å². The fraction of sp³-hybridized carbons (Fsp3) is 0.538. The van der Waals surface area contributed by atoms with Crippen LogP contribution in [0.1, 0.15) is 24.2 Å². The second kappa shape index (κ2) is 7.74. The van der Waals surface area contributed by atoms with E-state index < -0.39 is 18.9 Å². The second-order valence-corrected chi connectivity index (χ2v) is 4.48. The molecule has 1 aromatic rings. The van der Waals surface area contributed by atoms with Gasteiger partial charge < -0.3 is 15.2 Å². The number of amides is 1. The Morgan fingerprint density at radius 1 is 1.50 bits per heavy atom. The lowest BCUT2D eigenvalue weighted by molar-refractivity contribution is 0.0767. The van der Waals surface area contributed by atoms with Crippen LogP contribution in [-0.4, -0.2) is 41.7 Å². The molecule has 0 saturated heterocycles. The molecule has 0 aliphatic carbocycles. The van der Waals surface area contributed by atoms with E-state index in [-0.39, 0.29) is 30.0 Å². The number of rotatable bonds is 7. The van der Waals surface area contributed by atoms with Gasteiger partial charge in [0.05, 0.1) is 0 Å². The van der Waals surface area contributed by atoms with Gasteiger partial charge in [0.2, 0.25) is 5.88 Å². The van der Waals surface area contributed by atoms with E-state index in [4.69, 9.17) is 9.84 Å². The molecule has 20 heavy (non-hydrogen) atoms. The molecule has 112 valence electrons. The summed E-state index contributed by atoms with van der Waals surface area (Å²) in [5.74, 6) is -0.731. The molecule has 2 unspecified atom stereocenters. The summed E-state index contributed by atoms with van der Waals surface area (Å²) in [5, 5.41) is 11.7. The molecule has 1 heterocycles. The van der Waals surface area contributed by atoms with Crippen molar-refractivity contribution in [2.75, 3.05) is 13.2 Å². The number of ether oxygens (including phenoxy) is 1. The van der Waals surface area contributed by atoms with E-state index in [1.165, 1.54) is 18.3 Å². The summed E-state index contributed by atoms with van der Waals surface area (Å²) in [5.41, 5.74) is 0.0881. The zero-order chi connectivity index (χ0) is 15.1. The number of nitrogens with one attached hydrogen (secondary N) is 1. The highest BCUT2D eigenvalue weighted by Gasteiger charge is 2.19. The number of hydrogen-bond acceptors (Lipinski definition) is 4. The Kier molecular flexibility index (Phi) is 6.30. The Hall–Kier alpha value is -1.76. The van der Waals surface area contributed by atoms with Crippen LogP contribution in [0.4, 0.5) is 8.78 Å². The van der Waals surface area contributed by atoms with Gasteiger partial charge in [-0.05, 0) is 25.0 Å². The Balaban J connectivity index is 2.77. The van der Waals surface area contributed by atoms with E-state index in [1.54, 1.807) is 13.8 Å². The highest BCUT2D eigenvalue weighted by atomic mass is 19.3. The van der Waals surface area contributed by atoms with Crippen molar-refractivity contribution in [1.82, 2.24) is 10.3 Å². The Morgan fingerprint density at radius 2 is 2.20 bits per heavy atom. The predicted octanol–water partition coefficient (Wildman–Crippen LogP) is 1.47.